The van der Waals surface area contributed by atoms with Gasteiger partial charge < -0.3 is 30.2 Å². The average molecular weight is 640 g/mol. The molecule has 3 amide bonds. The maximum absolute atomic E-state index is 13.5. The number of benzene rings is 3. The summed E-state index contributed by atoms with van der Waals surface area (Å²) in [6.07, 6.45) is 3.78. The number of amides is 3. The van der Waals surface area contributed by atoms with Gasteiger partial charge in [0.1, 0.15) is 12.2 Å². The zero-order valence-electron chi connectivity index (χ0n) is 27.3. The molecule has 1 aliphatic carbocycles. The van der Waals surface area contributed by atoms with E-state index in [0.29, 0.717) is 28.2 Å². The molecule has 10 heteroatoms. The monoisotopic (exact) mass is 639 g/mol. The Balaban J connectivity index is 1.54. The standard InChI is InChI=1S/C37H41N3O7/c1-8-20-45-31-28(34(42)38-27-16-12-25(13-17-27)36(44)47-37(5,6)7)18-19-30(32(31)46-22(3)4)40-33(41)24-10-14-26(15-11-24)39-35(43)29-21-23(29)9-2/h8-19,22-23,29H,1-2,20-21H2,3-7H3,(H,38,42)(H,39,43)(H,40,41). The van der Waals surface area contributed by atoms with E-state index < -0.39 is 23.4 Å². The molecule has 4 rings (SSSR count). The van der Waals surface area contributed by atoms with Gasteiger partial charge in [-0.15, -0.1) is 6.58 Å². The maximum atomic E-state index is 13.5. The number of hydrogen-bond donors (Lipinski definition) is 3. The maximum Gasteiger partial charge on any atom is 0.338 e. The molecule has 0 heterocycles. The molecule has 10 nitrogen and oxygen atoms in total. The van der Waals surface area contributed by atoms with Gasteiger partial charge in [0.15, 0.2) is 11.5 Å². The van der Waals surface area contributed by atoms with Crippen LogP contribution in [0.15, 0.2) is 86.0 Å². The van der Waals surface area contributed by atoms with E-state index in [1.165, 1.54) is 12.1 Å². The predicted molar refractivity (Wildman–Crippen MR) is 182 cm³/mol. The molecule has 3 aromatic rings. The van der Waals surface area contributed by atoms with Gasteiger partial charge in [0.2, 0.25) is 5.91 Å². The molecule has 0 saturated heterocycles. The number of rotatable bonds is 13. The highest BCUT2D eigenvalue weighted by atomic mass is 16.6. The first-order valence-electron chi connectivity index (χ1n) is 15.4. The molecule has 47 heavy (non-hydrogen) atoms. The molecule has 2 unspecified atom stereocenters. The van der Waals surface area contributed by atoms with E-state index in [-0.39, 0.29) is 47.5 Å². The van der Waals surface area contributed by atoms with Crippen molar-refractivity contribution in [2.24, 2.45) is 11.8 Å². The molecule has 0 spiro atoms. The van der Waals surface area contributed by atoms with Crippen molar-refractivity contribution in [2.45, 2.75) is 52.7 Å². The zero-order chi connectivity index (χ0) is 34.3. The Hall–Kier alpha value is -5.38. The van der Waals surface area contributed by atoms with E-state index in [1.54, 1.807) is 81.4 Å². The molecular weight excluding hydrogens is 598 g/mol. The Kier molecular flexibility index (Phi) is 10.9. The van der Waals surface area contributed by atoms with E-state index in [1.807, 2.05) is 13.8 Å². The summed E-state index contributed by atoms with van der Waals surface area (Å²) in [5.41, 5.74) is 1.54. The van der Waals surface area contributed by atoms with Crippen LogP contribution in [0.4, 0.5) is 17.1 Å². The number of carbonyl (C=O) groups is 4. The third-order valence-corrected chi connectivity index (χ3v) is 6.98. The summed E-state index contributed by atoms with van der Waals surface area (Å²) in [5.74, 6) is -1.03. The van der Waals surface area contributed by atoms with E-state index in [9.17, 15) is 19.2 Å². The van der Waals surface area contributed by atoms with Gasteiger partial charge in [0.05, 0.1) is 22.9 Å². The van der Waals surface area contributed by atoms with Crippen molar-refractivity contribution < 1.29 is 33.4 Å². The number of anilines is 3. The quantitative estimate of drug-likeness (QED) is 0.132. The largest absolute Gasteiger partial charge is 0.485 e. The van der Waals surface area contributed by atoms with Crippen molar-refractivity contribution in [1.82, 2.24) is 0 Å². The summed E-state index contributed by atoms with van der Waals surface area (Å²) in [6.45, 7) is 16.5. The average Bonchev–Trinajstić information content (AvgIpc) is 3.81. The molecule has 0 bridgehead atoms. The molecule has 246 valence electrons. The number of allylic oxidation sites excluding steroid dienone is 1. The van der Waals surface area contributed by atoms with E-state index in [4.69, 9.17) is 14.2 Å². The van der Waals surface area contributed by atoms with E-state index >= 15 is 0 Å². The number of carbonyl (C=O) groups excluding carboxylic acids is 4. The Morgan fingerprint density at radius 2 is 1.45 bits per heavy atom. The Morgan fingerprint density at radius 1 is 0.830 bits per heavy atom. The predicted octanol–water partition coefficient (Wildman–Crippen LogP) is 7.26. The number of hydrogen-bond acceptors (Lipinski definition) is 7. The van der Waals surface area contributed by atoms with Crippen LogP contribution in [0.1, 0.15) is 72.1 Å². The van der Waals surface area contributed by atoms with Gasteiger partial charge in [0.25, 0.3) is 11.8 Å². The minimum atomic E-state index is -0.637. The molecular formula is C37H41N3O7. The van der Waals surface area contributed by atoms with E-state index in [2.05, 4.69) is 29.1 Å². The van der Waals surface area contributed by atoms with Crippen molar-refractivity contribution in [2.75, 3.05) is 22.6 Å². The van der Waals surface area contributed by atoms with Crippen molar-refractivity contribution >= 4 is 40.8 Å². The molecule has 1 aliphatic rings. The van der Waals surface area contributed by atoms with Gasteiger partial charge in [0, 0.05) is 22.9 Å². The second kappa shape index (κ2) is 14.8. The van der Waals surface area contributed by atoms with Crippen LogP contribution in [0, 0.1) is 11.8 Å². The fourth-order valence-electron chi connectivity index (χ4n) is 4.61. The lowest BCUT2D eigenvalue weighted by Crippen LogP contribution is -2.23. The first-order valence-corrected chi connectivity index (χ1v) is 15.4. The lowest BCUT2D eigenvalue weighted by atomic mass is 10.1. The summed E-state index contributed by atoms with van der Waals surface area (Å²) < 4.78 is 17.4. The molecule has 3 aromatic carbocycles. The topological polar surface area (TPSA) is 132 Å². The van der Waals surface area contributed by atoms with Crippen molar-refractivity contribution in [1.29, 1.82) is 0 Å². The van der Waals surface area contributed by atoms with Crippen LogP contribution in [-0.4, -0.2) is 42.0 Å². The first-order chi connectivity index (χ1) is 22.3. The fraction of sp³-hybridized carbons (Fsp3) is 0.297. The second-order valence-corrected chi connectivity index (χ2v) is 12.4. The molecule has 0 radical (unpaired) electrons. The van der Waals surface area contributed by atoms with Crippen LogP contribution in [0.2, 0.25) is 0 Å². The summed E-state index contributed by atoms with van der Waals surface area (Å²) >= 11 is 0. The molecule has 0 aliphatic heterocycles. The van der Waals surface area contributed by atoms with Crippen molar-refractivity contribution in [3.63, 3.8) is 0 Å². The fourth-order valence-corrected chi connectivity index (χ4v) is 4.61. The van der Waals surface area contributed by atoms with Gasteiger partial charge >= 0.3 is 5.97 Å². The van der Waals surface area contributed by atoms with Gasteiger partial charge in [-0.25, -0.2) is 4.79 Å². The zero-order valence-corrected chi connectivity index (χ0v) is 27.3. The van der Waals surface area contributed by atoms with Crippen LogP contribution in [0.3, 0.4) is 0 Å². The molecule has 1 saturated carbocycles. The Labute approximate surface area is 275 Å². The molecule has 0 aromatic heterocycles. The van der Waals surface area contributed by atoms with Crippen molar-refractivity contribution in [3.05, 3.63) is 103 Å². The lowest BCUT2D eigenvalue weighted by Gasteiger charge is -2.21. The molecule has 1 fully saturated rings. The number of ether oxygens (including phenoxy) is 3. The van der Waals surface area contributed by atoms with Crippen LogP contribution in [-0.2, 0) is 9.53 Å². The summed E-state index contributed by atoms with van der Waals surface area (Å²) in [5, 5.41) is 8.54. The Morgan fingerprint density at radius 3 is 2.00 bits per heavy atom. The summed E-state index contributed by atoms with van der Waals surface area (Å²) in [4.78, 5) is 51.6. The highest BCUT2D eigenvalue weighted by Crippen LogP contribution is 2.41. The number of nitrogens with one attached hydrogen (secondary N) is 3. The van der Waals surface area contributed by atoms with E-state index in [0.717, 1.165) is 6.42 Å². The third kappa shape index (κ3) is 9.32. The third-order valence-electron chi connectivity index (χ3n) is 6.98. The van der Waals surface area contributed by atoms with Crippen molar-refractivity contribution in [3.8, 4) is 11.5 Å². The summed E-state index contributed by atoms with van der Waals surface area (Å²) in [7, 11) is 0. The van der Waals surface area contributed by atoms with Gasteiger partial charge in [-0.2, -0.15) is 0 Å². The molecule has 2 atom stereocenters. The number of esters is 1. The normalized spacial score (nSPS) is 15.2. The van der Waals surface area contributed by atoms with Gasteiger partial charge in [-0.05, 0) is 108 Å². The van der Waals surface area contributed by atoms with Crippen LogP contribution in [0.5, 0.6) is 11.5 Å². The highest BCUT2D eigenvalue weighted by molar-refractivity contribution is 6.09. The van der Waals surface area contributed by atoms with Crippen LogP contribution in [0.25, 0.3) is 0 Å². The lowest BCUT2D eigenvalue weighted by molar-refractivity contribution is -0.117. The van der Waals surface area contributed by atoms with Gasteiger partial charge in [-0.3, -0.25) is 14.4 Å². The highest BCUT2D eigenvalue weighted by Gasteiger charge is 2.40. The Bertz CT molecular complexity index is 1650. The van der Waals surface area contributed by atoms with Crippen LogP contribution < -0.4 is 25.4 Å². The molecule has 3 N–H and O–H groups in total. The first kappa shape index (κ1) is 34.5. The second-order valence-electron chi connectivity index (χ2n) is 12.4. The minimum Gasteiger partial charge on any atom is -0.485 e. The smallest absolute Gasteiger partial charge is 0.338 e. The summed E-state index contributed by atoms with van der Waals surface area (Å²) in [6, 6.07) is 16.0. The van der Waals surface area contributed by atoms with Gasteiger partial charge in [-0.1, -0.05) is 18.7 Å². The SMILES string of the molecule is C=CCOc1c(C(=O)Nc2ccc(C(=O)OC(C)(C)C)cc2)ccc(NC(=O)c2ccc(NC(=O)C3CC3C=C)cc2)c1OC(C)C. The van der Waals surface area contributed by atoms with Crippen LogP contribution >= 0.6 is 0 Å². The minimum absolute atomic E-state index is 0.0675.